The van der Waals surface area contributed by atoms with Gasteiger partial charge >= 0.3 is 0 Å². The smallest absolute Gasteiger partial charge is 0.268 e. The first kappa shape index (κ1) is 10.8. The second-order valence-corrected chi connectivity index (χ2v) is 5.47. The van der Waals surface area contributed by atoms with E-state index < -0.39 is 0 Å². The fourth-order valence-corrected chi connectivity index (χ4v) is 2.45. The maximum atomic E-state index is 5.41. The maximum absolute atomic E-state index is 5.41. The van der Waals surface area contributed by atoms with E-state index in [1.807, 2.05) is 12.1 Å². The van der Waals surface area contributed by atoms with Crippen molar-refractivity contribution in [1.29, 1.82) is 0 Å². The minimum Gasteiger partial charge on any atom is -0.333 e. The van der Waals surface area contributed by atoms with Crippen molar-refractivity contribution in [2.24, 2.45) is 5.73 Å². The van der Waals surface area contributed by atoms with Crippen LogP contribution in [0.3, 0.4) is 0 Å². The van der Waals surface area contributed by atoms with Crippen LogP contribution in [-0.2, 0) is 6.42 Å². The van der Waals surface area contributed by atoms with Crippen LogP contribution in [0.1, 0.15) is 12.2 Å². The van der Waals surface area contributed by atoms with Crippen LogP contribution in [0.2, 0.25) is 0 Å². The summed E-state index contributed by atoms with van der Waals surface area (Å²) in [5.41, 5.74) is 5.41. The molecule has 80 valence electrons. The monoisotopic (exact) mass is 287 g/mol. The molecular formula is C9H10BrN3OS. The summed E-state index contributed by atoms with van der Waals surface area (Å²) in [6, 6.07) is 3.92. The lowest BCUT2D eigenvalue weighted by Crippen LogP contribution is -2.01. The second kappa shape index (κ2) is 4.87. The zero-order valence-corrected chi connectivity index (χ0v) is 10.3. The third kappa shape index (κ3) is 2.64. The molecule has 0 amide bonds. The summed E-state index contributed by atoms with van der Waals surface area (Å²) in [4.78, 5) is 5.27. The summed E-state index contributed by atoms with van der Waals surface area (Å²) in [6.07, 6.45) is 1.65. The molecule has 0 saturated heterocycles. The number of nitrogens with two attached hydrogens (primary N) is 1. The van der Waals surface area contributed by atoms with Gasteiger partial charge in [0.25, 0.3) is 5.89 Å². The zero-order valence-electron chi connectivity index (χ0n) is 7.94. The molecule has 0 aliphatic carbocycles. The van der Waals surface area contributed by atoms with Gasteiger partial charge in [0.1, 0.15) is 0 Å². The first-order valence-corrected chi connectivity index (χ1v) is 6.19. The van der Waals surface area contributed by atoms with E-state index >= 15 is 0 Å². The number of nitrogens with zero attached hydrogens (tertiary/aromatic N) is 2. The van der Waals surface area contributed by atoms with Gasteiger partial charge in [-0.1, -0.05) is 5.16 Å². The Kier molecular flexibility index (Phi) is 3.50. The topological polar surface area (TPSA) is 64.9 Å². The molecule has 2 aromatic rings. The number of aryl methyl sites for hydroxylation is 1. The number of thiophene rings is 1. The molecule has 0 spiro atoms. The van der Waals surface area contributed by atoms with Crippen LogP contribution >= 0.6 is 27.3 Å². The van der Waals surface area contributed by atoms with Crippen molar-refractivity contribution in [2.75, 3.05) is 6.54 Å². The van der Waals surface area contributed by atoms with Crippen molar-refractivity contribution < 1.29 is 4.52 Å². The summed E-state index contributed by atoms with van der Waals surface area (Å²) in [7, 11) is 0. The largest absolute Gasteiger partial charge is 0.333 e. The first-order chi connectivity index (χ1) is 7.29. The van der Waals surface area contributed by atoms with Gasteiger partial charge in [-0.05, 0) is 41.0 Å². The predicted octanol–water partition coefficient (Wildman–Crippen LogP) is 2.45. The van der Waals surface area contributed by atoms with Crippen molar-refractivity contribution in [2.45, 2.75) is 12.8 Å². The van der Waals surface area contributed by atoms with E-state index in [4.69, 9.17) is 10.3 Å². The lowest BCUT2D eigenvalue weighted by Gasteiger charge is -1.88. The Morgan fingerprint density at radius 3 is 3.00 bits per heavy atom. The molecule has 2 aromatic heterocycles. The molecule has 4 nitrogen and oxygen atoms in total. The Morgan fingerprint density at radius 1 is 1.47 bits per heavy atom. The first-order valence-electron chi connectivity index (χ1n) is 4.58. The third-order valence-corrected chi connectivity index (χ3v) is 3.47. The highest BCUT2D eigenvalue weighted by molar-refractivity contribution is 9.11. The molecule has 0 radical (unpaired) electrons. The molecule has 2 N–H and O–H groups in total. The van der Waals surface area contributed by atoms with Crippen LogP contribution in [0.25, 0.3) is 10.8 Å². The van der Waals surface area contributed by atoms with Gasteiger partial charge in [0.05, 0.1) is 8.66 Å². The molecular weight excluding hydrogens is 278 g/mol. The van der Waals surface area contributed by atoms with E-state index in [9.17, 15) is 0 Å². The van der Waals surface area contributed by atoms with E-state index in [1.165, 1.54) is 0 Å². The molecule has 15 heavy (non-hydrogen) atoms. The standard InChI is InChI=1S/C9H10BrN3OS/c10-7-4-3-6(15-7)9-12-8(13-14-9)2-1-5-11/h3-4H,1-2,5,11H2. The van der Waals surface area contributed by atoms with Crippen molar-refractivity contribution in [3.8, 4) is 10.8 Å². The van der Waals surface area contributed by atoms with Crippen molar-refractivity contribution in [3.05, 3.63) is 21.7 Å². The highest BCUT2D eigenvalue weighted by atomic mass is 79.9. The van der Waals surface area contributed by atoms with Crippen molar-refractivity contribution in [1.82, 2.24) is 10.1 Å². The van der Waals surface area contributed by atoms with Crippen LogP contribution in [0, 0.1) is 0 Å². The van der Waals surface area contributed by atoms with E-state index in [1.54, 1.807) is 11.3 Å². The molecule has 0 saturated carbocycles. The van der Waals surface area contributed by atoms with Crippen LogP contribution in [0.5, 0.6) is 0 Å². The van der Waals surface area contributed by atoms with Gasteiger partial charge in [0.2, 0.25) is 0 Å². The molecule has 2 rings (SSSR count). The van der Waals surface area contributed by atoms with Gasteiger partial charge in [-0.3, -0.25) is 0 Å². The van der Waals surface area contributed by atoms with Gasteiger partial charge in [0, 0.05) is 6.42 Å². The van der Waals surface area contributed by atoms with Crippen LogP contribution in [0.15, 0.2) is 20.4 Å². The zero-order chi connectivity index (χ0) is 10.7. The Morgan fingerprint density at radius 2 is 2.33 bits per heavy atom. The fraction of sp³-hybridized carbons (Fsp3) is 0.333. The molecule has 0 fully saturated rings. The Hall–Kier alpha value is -0.720. The molecule has 0 bridgehead atoms. The average Bonchev–Trinajstić information content (AvgIpc) is 2.83. The molecule has 0 aliphatic rings. The highest BCUT2D eigenvalue weighted by Gasteiger charge is 2.10. The lowest BCUT2D eigenvalue weighted by molar-refractivity contribution is 0.422. The second-order valence-electron chi connectivity index (χ2n) is 3.01. The number of hydrogen-bond acceptors (Lipinski definition) is 5. The SMILES string of the molecule is NCCCc1noc(-c2ccc(Br)s2)n1. The minimum atomic E-state index is 0.581. The highest BCUT2D eigenvalue weighted by Crippen LogP contribution is 2.29. The Labute approximate surface area is 99.6 Å². The van der Waals surface area contributed by atoms with Gasteiger partial charge in [0.15, 0.2) is 5.82 Å². The Bertz CT molecular complexity index is 440. The van der Waals surface area contributed by atoms with Gasteiger partial charge < -0.3 is 10.3 Å². The van der Waals surface area contributed by atoms with E-state index in [0.29, 0.717) is 12.4 Å². The molecule has 0 aliphatic heterocycles. The van der Waals surface area contributed by atoms with Crippen LogP contribution < -0.4 is 5.73 Å². The van der Waals surface area contributed by atoms with E-state index in [0.717, 1.165) is 27.3 Å². The van der Waals surface area contributed by atoms with Crippen LogP contribution in [0.4, 0.5) is 0 Å². The van der Waals surface area contributed by atoms with E-state index in [2.05, 4.69) is 26.1 Å². The number of halogens is 1. The van der Waals surface area contributed by atoms with E-state index in [-0.39, 0.29) is 0 Å². The summed E-state index contributed by atoms with van der Waals surface area (Å²) in [6.45, 7) is 0.647. The van der Waals surface area contributed by atoms with Gasteiger partial charge in [-0.2, -0.15) is 4.98 Å². The average molecular weight is 288 g/mol. The summed E-state index contributed by atoms with van der Waals surface area (Å²) in [5, 5.41) is 3.89. The molecule has 2 heterocycles. The summed E-state index contributed by atoms with van der Waals surface area (Å²) in [5.74, 6) is 1.30. The normalized spacial score (nSPS) is 10.8. The van der Waals surface area contributed by atoms with Gasteiger partial charge in [-0.25, -0.2) is 0 Å². The van der Waals surface area contributed by atoms with Crippen LogP contribution in [-0.4, -0.2) is 16.7 Å². The third-order valence-electron chi connectivity index (χ3n) is 1.86. The fourth-order valence-electron chi connectivity index (χ4n) is 1.14. The summed E-state index contributed by atoms with van der Waals surface area (Å²) < 4.78 is 6.20. The Balaban J connectivity index is 2.13. The molecule has 6 heteroatoms. The number of rotatable bonds is 4. The predicted molar refractivity (Wildman–Crippen MR) is 62.7 cm³/mol. The summed E-state index contributed by atoms with van der Waals surface area (Å²) >= 11 is 4.96. The molecule has 0 aromatic carbocycles. The number of aromatic nitrogens is 2. The minimum absolute atomic E-state index is 0.581. The molecule has 0 unspecified atom stereocenters. The van der Waals surface area contributed by atoms with Crippen molar-refractivity contribution >= 4 is 27.3 Å². The van der Waals surface area contributed by atoms with Gasteiger partial charge in [-0.15, -0.1) is 11.3 Å². The lowest BCUT2D eigenvalue weighted by atomic mass is 10.3. The van der Waals surface area contributed by atoms with Crippen molar-refractivity contribution in [3.63, 3.8) is 0 Å². The maximum Gasteiger partial charge on any atom is 0.268 e. The quantitative estimate of drug-likeness (QED) is 0.938. The number of hydrogen-bond donors (Lipinski definition) is 1. The molecule has 0 atom stereocenters.